The summed E-state index contributed by atoms with van der Waals surface area (Å²) < 4.78 is 7.07. The second kappa shape index (κ2) is 12.2. The van der Waals surface area contributed by atoms with Crippen LogP contribution in [-0.4, -0.2) is 45.1 Å². The fraction of sp³-hybridized carbons (Fsp3) is 0.357. The van der Waals surface area contributed by atoms with E-state index in [1.165, 1.54) is 10.6 Å². The zero-order valence-corrected chi connectivity index (χ0v) is 21.4. The molecular weight excluding hydrogens is 456 g/mol. The maximum Gasteiger partial charge on any atom is 0.410 e. The lowest BCUT2D eigenvalue weighted by molar-refractivity contribution is 0.0232. The Kier molecular flexibility index (Phi) is 9.00. The van der Waals surface area contributed by atoms with E-state index in [4.69, 9.17) is 4.74 Å². The molecule has 0 unspecified atom stereocenters. The Balaban J connectivity index is 1.59. The van der Waals surface area contributed by atoms with E-state index in [1.807, 2.05) is 64.1 Å². The molecule has 0 saturated carbocycles. The van der Waals surface area contributed by atoms with Gasteiger partial charge in [0.1, 0.15) is 11.2 Å². The van der Waals surface area contributed by atoms with Crippen molar-refractivity contribution >= 4 is 12.0 Å². The smallest absolute Gasteiger partial charge is 0.410 e. The van der Waals surface area contributed by atoms with Crippen molar-refractivity contribution in [2.75, 3.05) is 13.1 Å². The van der Waals surface area contributed by atoms with Crippen LogP contribution in [-0.2, 0) is 17.8 Å². The van der Waals surface area contributed by atoms with Crippen molar-refractivity contribution in [2.24, 2.45) is 0 Å². The lowest BCUT2D eigenvalue weighted by Crippen LogP contribution is -2.38. The van der Waals surface area contributed by atoms with Crippen LogP contribution in [0.4, 0.5) is 4.79 Å². The summed E-state index contributed by atoms with van der Waals surface area (Å²) in [6.07, 6.45) is 5.12. The molecule has 0 fully saturated rings. The Labute approximate surface area is 211 Å². The molecule has 36 heavy (non-hydrogen) atoms. The van der Waals surface area contributed by atoms with Gasteiger partial charge in [-0.05, 0) is 63.4 Å². The van der Waals surface area contributed by atoms with E-state index in [2.05, 4.69) is 10.3 Å². The molecule has 0 radical (unpaired) electrons. The summed E-state index contributed by atoms with van der Waals surface area (Å²) in [6, 6.07) is 14.8. The zero-order chi connectivity index (χ0) is 26.1. The molecule has 2 amide bonds. The predicted molar refractivity (Wildman–Crippen MR) is 139 cm³/mol. The van der Waals surface area contributed by atoms with Gasteiger partial charge in [0.05, 0.1) is 13.1 Å². The van der Waals surface area contributed by atoms with Crippen LogP contribution in [0.15, 0.2) is 71.9 Å². The summed E-state index contributed by atoms with van der Waals surface area (Å²) in [7, 11) is 0. The minimum absolute atomic E-state index is 0.0875. The number of pyridine rings is 2. The third-order valence-corrected chi connectivity index (χ3v) is 5.34. The average molecular weight is 491 g/mol. The molecular formula is C28H34N4O4. The highest BCUT2D eigenvalue weighted by Gasteiger charge is 2.22. The fourth-order valence-electron chi connectivity index (χ4n) is 3.68. The molecule has 2 heterocycles. The standard InChI is InChI=1S/C28H34N4O4/c1-21-9-5-10-22(17-21)19-31-15-7-12-24(26(31)34)25(33)30-14-8-16-32(27(35)36-28(2,3)4)20-23-11-6-13-29-18-23/h5-7,9-13,15,17-18H,8,14,16,19-20H2,1-4H3,(H,30,33). The number of nitrogens with one attached hydrogen (secondary N) is 1. The first kappa shape index (κ1) is 26.7. The molecule has 0 aliphatic heterocycles. The third-order valence-electron chi connectivity index (χ3n) is 5.34. The molecule has 1 N–H and O–H groups in total. The molecule has 190 valence electrons. The summed E-state index contributed by atoms with van der Waals surface area (Å²) >= 11 is 0. The normalized spacial score (nSPS) is 11.1. The monoisotopic (exact) mass is 490 g/mol. The summed E-state index contributed by atoms with van der Waals surface area (Å²) in [5.41, 5.74) is 2.10. The minimum atomic E-state index is -0.621. The Morgan fingerprint density at radius 3 is 2.56 bits per heavy atom. The summed E-state index contributed by atoms with van der Waals surface area (Å²) in [6.45, 7) is 8.86. The summed E-state index contributed by atoms with van der Waals surface area (Å²) in [4.78, 5) is 44.0. The molecule has 0 spiro atoms. The Hall–Kier alpha value is -3.94. The van der Waals surface area contributed by atoms with Gasteiger partial charge in [0, 0.05) is 31.7 Å². The van der Waals surface area contributed by atoms with Crippen LogP contribution in [0.5, 0.6) is 0 Å². The number of rotatable bonds is 9. The molecule has 0 aliphatic rings. The van der Waals surface area contributed by atoms with Crippen molar-refractivity contribution in [3.63, 3.8) is 0 Å². The quantitative estimate of drug-likeness (QED) is 0.455. The maximum absolute atomic E-state index is 12.9. The minimum Gasteiger partial charge on any atom is -0.444 e. The number of ether oxygens (including phenoxy) is 1. The van der Waals surface area contributed by atoms with Crippen LogP contribution in [0.1, 0.15) is 54.2 Å². The molecule has 0 bridgehead atoms. The molecule has 1 aromatic carbocycles. The van der Waals surface area contributed by atoms with Gasteiger partial charge in [0.2, 0.25) is 0 Å². The van der Waals surface area contributed by atoms with E-state index in [0.29, 0.717) is 32.6 Å². The van der Waals surface area contributed by atoms with Gasteiger partial charge in [0.15, 0.2) is 0 Å². The third kappa shape index (κ3) is 8.08. The molecule has 2 aromatic heterocycles. The summed E-state index contributed by atoms with van der Waals surface area (Å²) in [5.74, 6) is -0.435. The van der Waals surface area contributed by atoms with Crippen LogP contribution in [0.25, 0.3) is 0 Å². The van der Waals surface area contributed by atoms with Crippen LogP contribution >= 0.6 is 0 Å². The van der Waals surface area contributed by atoms with E-state index in [-0.39, 0.29) is 11.1 Å². The van der Waals surface area contributed by atoms with Crippen molar-refractivity contribution < 1.29 is 14.3 Å². The number of nitrogens with zero attached hydrogens (tertiary/aromatic N) is 3. The van der Waals surface area contributed by atoms with Gasteiger partial charge in [-0.2, -0.15) is 0 Å². The molecule has 0 saturated heterocycles. The van der Waals surface area contributed by atoms with Crippen molar-refractivity contribution in [1.82, 2.24) is 19.8 Å². The number of hydrogen-bond acceptors (Lipinski definition) is 5. The highest BCUT2D eigenvalue weighted by Crippen LogP contribution is 2.13. The highest BCUT2D eigenvalue weighted by molar-refractivity contribution is 5.93. The van der Waals surface area contributed by atoms with Crippen LogP contribution in [0.2, 0.25) is 0 Å². The first-order valence-electron chi connectivity index (χ1n) is 12.0. The molecule has 8 nitrogen and oxygen atoms in total. The van der Waals surface area contributed by atoms with Gasteiger partial charge < -0.3 is 19.5 Å². The average Bonchev–Trinajstić information content (AvgIpc) is 2.82. The predicted octanol–water partition coefficient (Wildman–Crippen LogP) is 4.16. The largest absolute Gasteiger partial charge is 0.444 e. The van der Waals surface area contributed by atoms with Gasteiger partial charge in [-0.15, -0.1) is 0 Å². The van der Waals surface area contributed by atoms with Gasteiger partial charge in [-0.1, -0.05) is 35.9 Å². The molecule has 3 aromatic rings. The summed E-state index contributed by atoms with van der Waals surface area (Å²) in [5, 5.41) is 2.80. The number of carbonyl (C=O) groups is 2. The van der Waals surface area contributed by atoms with E-state index in [1.54, 1.807) is 29.6 Å². The van der Waals surface area contributed by atoms with Gasteiger partial charge in [0.25, 0.3) is 11.5 Å². The van der Waals surface area contributed by atoms with Crippen molar-refractivity contribution in [2.45, 2.75) is 52.8 Å². The highest BCUT2D eigenvalue weighted by atomic mass is 16.6. The van der Waals surface area contributed by atoms with Gasteiger partial charge in [-0.3, -0.25) is 14.6 Å². The maximum atomic E-state index is 12.9. The number of hydrogen-bond donors (Lipinski definition) is 1. The Bertz CT molecular complexity index is 1230. The topological polar surface area (TPSA) is 93.5 Å². The first-order valence-corrected chi connectivity index (χ1v) is 12.0. The number of aryl methyl sites for hydroxylation is 1. The van der Waals surface area contributed by atoms with E-state index in [0.717, 1.165) is 16.7 Å². The van der Waals surface area contributed by atoms with Crippen molar-refractivity contribution in [3.05, 3.63) is 99.7 Å². The van der Waals surface area contributed by atoms with Crippen LogP contribution in [0, 0.1) is 6.92 Å². The molecule has 0 aliphatic carbocycles. The fourth-order valence-corrected chi connectivity index (χ4v) is 3.68. The number of aromatic nitrogens is 2. The molecule has 8 heteroatoms. The number of carbonyl (C=O) groups excluding carboxylic acids is 2. The Morgan fingerprint density at radius 2 is 1.86 bits per heavy atom. The van der Waals surface area contributed by atoms with Gasteiger partial charge >= 0.3 is 6.09 Å². The lowest BCUT2D eigenvalue weighted by atomic mass is 10.1. The number of benzene rings is 1. The molecule has 0 atom stereocenters. The molecule has 3 rings (SSSR count). The van der Waals surface area contributed by atoms with E-state index >= 15 is 0 Å². The van der Waals surface area contributed by atoms with Crippen molar-refractivity contribution in [3.8, 4) is 0 Å². The second-order valence-corrected chi connectivity index (χ2v) is 9.72. The van der Waals surface area contributed by atoms with Crippen LogP contribution < -0.4 is 10.9 Å². The van der Waals surface area contributed by atoms with Crippen LogP contribution in [0.3, 0.4) is 0 Å². The zero-order valence-electron chi connectivity index (χ0n) is 21.4. The number of amides is 2. The van der Waals surface area contributed by atoms with Crippen molar-refractivity contribution in [1.29, 1.82) is 0 Å². The first-order chi connectivity index (χ1) is 17.1. The second-order valence-electron chi connectivity index (χ2n) is 9.72. The SMILES string of the molecule is Cc1cccc(Cn2cccc(C(=O)NCCCN(Cc3cccnc3)C(=O)OC(C)(C)C)c2=O)c1. The van der Waals surface area contributed by atoms with E-state index in [9.17, 15) is 14.4 Å². The lowest BCUT2D eigenvalue weighted by Gasteiger charge is -2.27. The Morgan fingerprint density at radius 1 is 1.08 bits per heavy atom. The van der Waals surface area contributed by atoms with Gasteiger partial charge in [-0.25, -0.2) is 4.79 Å². The van der Waals surface area contributed by atoms with E-state index < -0.39 is 17.6 Å².